The summed E-state index contributed by atoms with van der Waals surface area (Å²) in [5.41, 5.74) is 0.581. The molecule has 2 rings (SSSR count). The van der Waals surface area contributed by atoms with Gasteiger partial charge in [-0.15, -0.1) is 11.3 Å². The maximum absolute atomic E-state index is 12.2. The fourth-order valence-corrected chi connectivity index (χ4v) is 3.41. The zero-order chi connectivity index (χ0) is 16.5. The van der Waals surface area contributed by atoms with Crippen LogP contribution in [0, 0.1) is 6.92 Å². The molecule has 0 saturated heterocycles. The van der Waals surface area contributed by atoms with Crippen LogP contribution in [0.25, 0.3) is 0 Å². The van der Waals surface area contributed by atoms with Crippen molar-refractivity contribution in [3.05, 3.63) is 40.3 Å². The molecule has 0 saturated carbocycles. The summed E-state index contributed by atoms with van der Waals surface area (Å²) in [6.07, 6.45) is 1.01. The lowest BCUT2D eigenvalue weighted by molar-refractivity contribution is 0.0692. The van der Waals surface area contributed by atoms with Gasteiger partial charge >= 0.3 is 5.97 Å². The van der Waals surface area contributed by atoms with Crippen LogP contribution in [0.15, 0.2) is 28.6 Å². The van der Waals surface area contributed by atoms with E-state index in [1.807, 2.05) is 0 Å². The molecule has 9 heteroatoms. The Morgan fingerprint density at radius 2 is 1.95 bits per heavy atom. The molecule has 22 heavy (non-hydrogen) atoms. The van der Waals surface area contributed by atoms with Gasteiger partial charge in [0.25, 0.3) is 5.91 Å². The average Bonchev–Trinajstić information content (AvgIpc) is 2.86. The van der Waals surface area contributed by atoms with Crippen molar-refractivity contribution in [1.82, 2.24) is 4.98 Å². The van der Waals surface area contributed by atoms with E-state index < -0.39 is 21.7 Å². The zero-order valence-corrected chi connectivity index (χ0v) is 13.3. The summed E-state index contributed by atoms with van der Waals surface area (Å²) >= 11 is 0.948. The van der Waals surface area contributed by atoms with Crippen molar-refractivity contribution in [3.8, 4) is 0 Å². The second-order valence-electron chi connectivity index (χ2n) is 4.57. The molecule has 0 bridgehead atoms. The van der Waals surface area contributed by atoms with Gasteiger partial charge in [0.15, 0.2) is 20.0 Å². The summed E-state index contributed by atoms with van der Waals surface area (Å²) in [6, 6.07) is 4.38. The first-order valence-corrected chi connectivity index (χ1v) is 8.76. The zero-order valence-electron chi connectivity index (χ0n) is 11.7. The number of rotatable bonds is 4. The Labute approximate surface area is 130 Å². The van der Waals surface area contributed by atoms with Gasteiger partial charge in [-0.1, -0.05) is 11.6 Å². The summed E-state index contributed by atoms with van der Waals surface area (Å²) in [6.45, 7) is 1.73. The number of amides is 1. The number of carbonyl (C=O) groups is 2. The third-order valence-corrected chi connectivity index (χ3v) is 4.61. The number of carboxylic acid groups (broad SMARTS) is 1. The second-order valence-corrected chi connectivity index (χ2v) is 7.39. The number of sulfone groups is 1. The van der Waals surface area contributed by atoms with E-state index >= 15 is 0 Å². The molecule has 116 valence electrons. The fourth-order valence-electron chi connectivity index (χ4n) is 1.68. The molecule has 7 nitrogen and oxygen atoms in total. The number of benzene rings is 1. The molecular formula is C13H12N2O5S2. The molecule has 0 atom stereocenters. The van der Waals surface area contributed by atoms with Gasteiger partial charge in [0, 0.05) is 11.6 Å². The molecule has 2 N–H and O–H groups in total. The summed E-state index contributed by atoms with van der Waals surface area (Å²) in [5, 5.41) is 12.8. The highest BCUT2D eigenvalue weighted by molar-refractivity contribution is 7.90. The van der Waals surface area contributed by atoms with Crippen LogP contribution in [0.3, 0.4) is 0 Å². The van der Waals surface area contributed by atoms with Crippen LogP contribution in [0.4, 0.5) is 5.13 Å². The van der Waals surface area contributed by atoms with Crippen molar-refractivity contribution >= 4 is 38.2 Å². The SMILES string of the molecule is Cc1ccc(C(=O)O)c(C(=O)Nc2nc(S(C)(=O)=O)cs2)c1. The normalized spacial score (nSPS) is 11.2. The van der Waals surface area contributed by atoms with Crippen LogP contribution in [0.2, 0.25) is 0 Å². The lowest BCUT2D eigenvalue weighted by atomic mass is 10.0. The fraction of sp³-hybridized carbons (Fsp3) is 0.154. The molecule has 1 amide bonds. The van der Waals surface area contributed by atoms with E-state index in [0.29, 0.717) is 0 Å². The van der Waals surface area contributed by atoms with Crippen LogP contribution in [0.5, 0.6) is 0 Å². The molecule has 0 aliphatic heterocycles. The standard InChI is InChI=1S/C13H12N2O5S2/c1-7-3-4-8(12(17)18)9(5-7)11(16)15-13-14-10(6-21-13)22(2,19)20/h3-6H,1-2H3,(H,17,18)(H,14,15,16). The van der Waals surface area contributed by atoms with Gasteiger partial charge in [-0.2, -0.15) is 0 Å². The van der Waals surface area contributed by atoms with Gasteiger partial charge in [0.1, 0.15) is 0 Å². The maximum atomic E-state index is 12.2. The van der Waals surface area contributed by atoms with Crippen molar-refractivity contribution in [2.75, 3.05) is 11.6 Å². The van der Waals surface area contributed by atoms with Crippen molar-refractivity contribution in [2.45, 2.75) is 11.9 Å². The highest BCUT2D eigenvalue weighted by atomic mass is 32.2. The van der Waals surface area contributed by atoms with Gasteiger partial charge in [0.2, 0.25) is 0 Å². The lowest BCUT2D eigenvalue weighted by Crippen LogP contribution is -2.16. The third-order valence-electron chi connectivity index (χ3n) is 2.73. The van der Waals surface area contributed by atoms with Gasteiger partial charge in [-0.3, -0.25) is 10.1 Å². The van der Waals surface area contributed by atoms with Crippen molar-refractivity contribution < 1.29 is 23.1 Å². The number of aryl methyl sites for hydroxylation is 1. The maximum Gasteiger partial charge on any atom is 0.336 e. The Morgan fingerprint density at radius 1 is 1.27 bits per heavy atom. The number of aromatic carboxylic acids is 1. The summed E-state index contributed by atoms with van der Waals surface area (Å²) in [5.74, 6) is -1.88. The average molecular weight is 340 g/mol. The molecule has 0 aliphatic carbocycles. The van der Waals surface area contributed by atoms with E-state index in [1.54, 1.807) is 13.0 Å². The predicted octanol–water partition coefficient (Wildman–Crippen LogP) is 1.81. The number of nitrogens with one attached hydrogen (secondary N) is 1. The minimum absolute atomic E-state index is 0.0106. The van der Waals surface area contributed by atoms with Crippen LogP contribution >= 0.6 is 11.3 Å². The summed E-state index contributed by atoms with van der Waals surface area (Å²) < 4.78 is 22.7. The van der Waals surface area contributed by atoms with E-state index in [1.165, 1.54) is 17.5 Å². The smallest absolute Gasteiger partial charge is 0.336 e. The van der Waals surface area contributed by atoms with Gasteiger partial charge in [-0.25, -0.2) is 18.2 Å². The van der Waals surface area contributed by atoms with Crippen LogP contribution in [-0.2, 0) is 9.84 Å². The topological polar surface area (TPSA) is 113 Å². The number of aromatic nitrogens is 1. The van der Waals surface area contributed by atoms with Gasteiger partial charge in [0.05, 0.1) is 11.1 Å². The van der Waals surface area contributed by atoms with Crippen molar-refractivity contribution in [2.24, 2.45) is 0 Å². The first-order chi connectivity index (χ1) is 10.2. The van der Waals surface area contributed by atoms with Crippen LogP contribution in [0.1, 0.15) is 26.3 Å². The molecule has 0 spiro atoms. The quantitative estimate of drug-likeness (QED) is 0.877. The molecule has 1 heterocycles. The molecule has 1 aromatic heterocycles. The van der Waals surface area contributed by atoms with E-state index in [-0.39, 0.29) is 21.3 Å². The predicted molar refractivity (Wildman–Crippen MR) is 81.3 cm³/mol. The van der Waals surface area contributed by atoms with Gasteiger partial charge < -0.3 is 5.11 Å². The van der Waals surface area contributed by atoms with Crippen LogP contribution in [-0.4, -0.2) is 36.6 Å². The Balaban J connectivity index is 2.32. The first kappa shape index (κ1) is 16.1. The minimum atomic E-state index is -3.46. The Bertz CT molecular complexity index is 855. The Morgan fingerprint density at radius 3 is 2.50 bits per heavy atom. The summed E-state index contributed by atoms with van der Waals surface area (Å²) in [4.78, 5) is 27.1. The second kappa shape index (κ2) is 5.85. The molecule has 0 unspecified atom stereocenters. The van der Waals surface area contributed by atoms with Gasteiger partial charge in [-0.05, 0) is 19.1 Å². The van der Waals surface area contributed by atoms with E-state index in [4.69, 9.17) is 5.11 Å². The first-order valence-electron chi connectivity index (χ1n) is 5.99. The molecular weight excluding hydrogens is 328 g/mol. The number of thiazole rings is 1. The van der Waals surface area contributed by atoms with E-state index in [9.17, 15) is 18.0 Å². The number of anilines is 1. The Hall–Kier alpha value is -2.26. The largest absolute Gasteiger partial charge is 0.478 e. The highest BCUT2D eigenvalue weighted by Crippen LogP contribution is 2.21. The molecule has 0 fully saturated rings. The highest BCUT2D eigenvalue weighted by Gasteiger charge is 2.19. The Kier molecular flexibility index (Phi) is 4.29. The number of hydrogen-bond acceptors (Lipinski definition) is 6. The number of hydrogen-bond donors (Lipinski definition) is 2. The molecule has 0 radical (unpaired) electrons. The van der Waals surface area contributed by atoms with E-state index in [2.05, 4.69) is 10.3 Å². The van der Waals surface area contributed by atoms with Crippen molar-refractivity contribution in [1.29, 1.82) is 0 Å². The lowest BCUT2D eigenvalue weighted by Gasteiger charge is -2.06. The number of nitrogens with zero attached hydrogens (tertiary/aromatic N) is 1. The minimum Gasteiger partial charge on any atom is -0.478 e. The summed E-state index contributed by atoms with van der Waals surface area (Å²) in [7, 11) is -3.46. The molecule has 0 aliphatic rings. The monoisotopic (exact) mass is 340 g/mol. The third kappa shape index (κ3) is 3.49. The number of carboxylic acids is 1. The molecule has 1 aromatic carbocycles. The van der Waals surface area contributed by atoms with Crippen molar-refractivity contribution in [3.63, 3.8) is 0 Å². The van der Waals surface area contributed by atoms with Crippen LogP contribution < -0.4 is 5.32 Å². The van der Waals surface area contributed by atoms with E-state index in [0.717, 1.165) is 23.2 Å². The molecule has 2 aromatic rings. The number of carbonyl (C=O) groups excluding carboxylic acids is 1.